The number of carbonyl (C=O) groups excluding carboxylic acids is 1. The fourth-order valence-corrected chi connectivity index (χ4v) is 1.54. The first-order chi connectivity index (χ1) is 8.84. The Balaban J connectivity index is 0.00000180. The number of allylic oxidation sites excluding steroid dienone is 2. The Morgan fingerprint density at radius 2 is 1.05 bits per heavy atom. The van der Waals surface area contributed by atoms with E-state index in [9.17, 15) is 4.79 Å². The zero-order valence-electron chi connectivity index (χ0n) is 10.3. The molecule has 0 bridgehead atoms. The van der Waals surface area contributed by atoms with Crippen LogP contribution >= 0.6 is 0 Å². The molecule has 0 aliphatic rings. The summed E-state index contributed by atoms with van der Waals surface area (Å²) in [5.41, 5.74) is 2.05. The molecule has 0 saturated heterocycles. The van der Waals surface area contributed by atoms with E-state index in [4.69, 9.17) is 0 Å². The van der Waals surface area contributed by atoms with Crippen molar-refractivity contribution < 1.29 is 25.2 Å². The predicted octanol–water partition coefficient (Wildman–Crippen LogP) is 3.98. The van der Waals surface area contributed by atoms with Crippen molar-refractivity contribution in [3.05, 3.63) is 83.9 Å². The van der Waals surface area contributed by atoms with Gasteiger partial charge in [0.2, 0.25) is 0 Å². The van der Waals surface area contributed by atoms with E-state index in [1.807, 2.05) is 72.8 Å². The molecule has 0 aromatic heterocycles. The monoisotopic (exact) mass is 340 g/mol. The molecule has 0 amide bonds. The van der Waals surface area contributed by atoms with Crippen LogP contribution in [0.25, 0.3) is 12.2 Å². The minimum atomic E-state index is -0.0114. The predicted molar refractivity (Wildman–Crippen MR) is 76.0 cm³/mol. The molecule has 19 heavy (non-hydrogen) atoms. The third kappa shape index (κ3) is 5.61. The normalized spacial score (nSPS) is 10.5. The zero-order chi connectivity index (χ0) is 12.6. The van der Waals surface area contributed by atoms with Crippen LogP contribution in [0.5, 0.6) is 0 Å². The molecule has 0 spiro atoms. The Hall–Kier alpha value is -1.75. The molecule has 0 fully saturated rings. The van der Waals surface area contributed by atoms with Gasteiger partial charge in [0.05, 0.1) is 0 Å². The molecule has 0 heterocycles. The molecule has 1 nitrogen and oxygen atoms in total. The van der Waals surface area contributed by atoms with Crippen molar-refractivity contribution in [3.63, 3.8) is 0 Å². The third-order valence-corrected chi connectivity index (χ3v) is 2.48. The van der Waals surface area contributed by atoms with Crippen LogP contribution in [0.1, 0.15) is 11.1 Å². The van der Waals surface area contributed by atoms with Gasteiger partial charge in [-0.25, -0.2) is 0 Å². The maximum atomic E-state index is 11.6. The maximum absolute atomic E-state index is 11.6. The van der Waals surface area contributed by atoms with Crippen molar-refractivity contribution in [2.45, 2.75) is 0 Å². The Morgan fingerprint density at radius 3 is 1.42 bits per heavy atom. The van der Waals surface area contributed by atoms with E-state index in [1.54, 1.807) is 12.2 Å². The van der Waals surface area contributed by atoms with Gasteiger partial charge in [0, 0.05) is 0 Å². The first-order valence-corrected chi connectivity index (χ1v) is 5.85. The van der Waals surface area contributed by atoms with E-state index in [2.05, 4.69) is 0 Å². The van der Waals surface area contributed by atoms with Crippen LogP contribution in [0.2, 0.25) is 0 Å². The van der Waals surface area contributed by atoms with Gasteiger partial charge in [-0.05, 0) is 23.3 Å². The summed E-state index contributed by atoms with van der Waals surface area (Å²) in [6.45, 7) is 0. The standard InChI is InChI=1S/C17H14O.Pd/c18-17(13-11-15-7-3-1-4-8-15)14-12-16-9-5-2-6-10-16;/h1-14H;/q;+2. The van der Waals surface area contributed by atoms with Crippen LogP contribution in [0, 0.1) is 0 Å². The summed E-state index contributed by atoms with van der Waals surface area (Å²) < 4.78 is 0. The Labute approximate surface area is 127 Å². The summed E-state index contributed by atoms with van der Waals surface area (Å²) in [7, 11) is 0. The largest absolute Gasteiger partial charge is 2.00 e. The van der Waals surface area contributed by atoms with E-state index in [-0.39, 0.29) is 26.2 Å². The number of carbonyl (C=O) groups is 1. The Bertz CT molecular complexity index is 505. The van der Waals surface area contributed by atoms with E-state index in [0.717, 1.165) is 11.1 Å². The Kier molecular flexibility index (Phi) is 6.75. The van der Waals surface area contributed by atoms with Crippen LogP contribution in [0.4, 0.5) is 0 Å². The first kappa shape index (κ1) is 15.3. The molecule has 0 atom stereocenters. The van der Waals surface area contributed by atoms with Gasteiger partial charge in [0.1, 0.15) is 0 Å². The topological polar surface area (TPSA) is 17.1 Å². The van der Waals surface area contributed by atoms with Crippen molar-refractivity contribution in [2.75, 3.05) is 0 Å². The molecule has 0 aliphatic heterocycles. The van der Waals surface area contributed by atoms with Crippen molar-refractivity contribution in [1.82, 2.24) is 0 Å². The molecule has 2 aromatic rings. The average Bonchev–Trinajstić information content (AvgIpc) is 2.45. The molecule has 0 radical (unpaired) electrons. The van der Waals surface area contributed by atoms with E-state index >= 15 is 0 Å². The van der Waals surface area contributed by atoms with Gasteiger partial charge in [-0.15, -0.1) is 0 Å². The van der Waals surface area contributed by atoms with Crippen molar-refractivity contribution in [3.8, 4) is 0 Å². The summed E-state index contributed by atoms with van der Waals surface area (Å²) in [6.07, 6.45) is 6.79. The molecule has 96 valence electrons. The third-order valence-electron chi connectivity index (χ3n) is 2.48. The maximum Gasteiger partial charge on any atom is 2.00 e. The summed E-state index contributed by atoms with van der Waals surface area (Å²) >= 11 is 0. The van der Waals surface area contributed by atoms with E-state index in [1.165, 1.54) is 0 Å². The van der Waals surface area contributed by atoms with Crippen molar-refractivity contribution in [2.24, 2.45) is 0 Å². The van der Waals surface area contributed by atoms with Gasteiger partial charge >= 0.3 is 20.4 Å². The minimum Gasteiger partial charge on any atom is -0.290 e. The van der Waals surface area contributed by atoms with Crippen LogP contribution in [0.3, 0.4) is 0 Å². The quantitative estimate of drug-likeness (QED) is 0.608. The molecular weight excluding hydrogens is 327 g/mol. The zero-order valence-corrected chi connectivity index (χ0v) is 11.9. The second kappa shape index (κ2) is 8.37. The van der Waals surface area contributed by atoms with E-state index in [0.29, 0.717) is 0 Å². The molecule has 2 heteroatoms. The number of hydrogen-bond acceptors (Lipinski definition) is 1. The van der Waals surface area contributed by atoms with E-state index < -0.39 is 0 Å². The SMILES string of the molecule is O=C(C=Cc1ccccc1)C=Cc1ccccc1.[Pd+2]. The Morgan fingerprint density at radius 1 is 0.684 bits per heavy atom. The first-order valence-electron chi connectivity index (χ1n) is 5.85. The van der Waals surface area contributed by atoms with Gasteiger partial charge < -0.3 is 0 Å². The fourth-order valence-electron chi connectivity index (χ4n) is 1.54. The molecule has 0 unspecified atom stereocenters. The van der Waals surface area contributed by atoms with Crippen LogP contribution in [-0.2, 0) is 25.2 Å². The second-order valence-corrected chi connectivity index (χ2v) is 3.89. The fraction of sp³-hybridized carbons (Fsp3) is 0. The van der Waals surface area contributed by atoms with Crippen molar-refractivity contribution >= 4 is 17.9 Å². The number of benzene rings is 2. The van der Waals surface area contributed by atoms with Gasteiger partial charge in [-0.2, -0.15) is 0 Å². The van der Waals surface area contributed by atoms with Gasteiger partial charge in [0.15, 0.2) is 5.78 Å². The minimum absolute atomic E-state index is 0. The molecule has 0 aliphatic carbocycles. The van der Waals surface area contributed by atoms with Crippen LogP contribution < -0.4 is 0 Å². The van der Waals surface area contributed by atoms with Gasteiger partial charge in [0.25, 0.3) is 0 Å². The summed E-state index contributed by atoms with van der Waals surface area (Å²) in [4.78, 5) is 11.6. The molecule has 0 saturated carbocycles. The second-order valence-electron chi connectivity index (χ2n) is 3.89. The summed E-state index contributed by atoms with van der Waals surface area (Å²) in [5, 5.41) is 0. The van der Waals surface area contributed by atoms with Crippen molar-refractivity contribution in [1.29, 1.82) is 0 Å². The molecule has 0 N–H and O–H groups in total. The van der Waals surface area contributed by atoms with Crippen LogP contribution in [0.15, 0.2) is 72.8 Å². The van der Waals surface area contributed by atoms with Gasteiger partial charge in [-0.3, -0.25) is 4.79 Å². The van der Waals surface area contributed by atoms with Gasteiger partial charge in [-0.1, -0.05) is 72.8 Å². The summed E-state index contributed by atoms with van der Waals surface area (Å²) in [5.74, 6) is -0.0114. The molecule has 2 rings (SSSR count). The molecular formula is C17H14OPd+2. The number of ketones is 1. The van der Waals surface area contributed by atoms with Crippen LogP contribution in [-0.4, -0.2) is 5.78 Å². The smallest absolute Gasteiger partial charge is 0.290 e. The number of hydrogen-bond donors (Lipinski definition) is 0. The average molecular weight is 341 g/mol. The summed E-state index contributed by atoms with van der Waals surface area (Å²) in [6, 6.07) is 19.6. The number of rotatable bonds is 4. The molecule has 2 aromatic carbocycles.